The molecule has 0 amide bonds. The van der Waals surface area contributed by atoms with Crippen molar-refractivity contribution in [3.63, 3.8) is 0 Å². The highest BCUT2D eigenvalue weighted by molar-refractivity contribution is 7.91. The highest BCUT2D eigenvalue weighted by Gasteiger charge is 2.29. The molecule has 9 heteroatoms. The zero-order valence-electron chi connectivity index (χ0n) is 22.9. The van der Waals surface area contributed by atoms with Crippen LogP contribution in [0.4, 0.5) is 17.3 Å². The molecule has 0 radical (unpaired) electrons. The Balaban J connectivity index is 1.51. The average Bonchev–Trinajstić information content (AvgIpc) is 2.84. The molecule has 4 rings (SSSR count). The van der Waals surface area contributed by atoms with E-state index >= 15 is 0 Å². The first-order valence-corrected chi connectivity index (χ1v) is 14.5. The van der Waals surface area contributed by atoms with Crippen LogP contribution in [0.2, 0.25) is 0 Å². The van der Waals surface area contributed by atoms with E-state index in [1.54, 1.807) is 27.0 Å². The van der Waals surface area contributed by atoms with Gasteiger partial charge in [-0.25, -0.2) is 18.4 Å². The monoisotopic (exact) mass is 535 g/mol. The topological polar surface area (TPSA) is 95.5 Å². The Labute approximate surface area is 226 Å². The van der Waals surface area contributed by atoms with Crippen LogP contribution < -0.4 is 10.2 Å². The summed E-state index contributed by atoms with van der Waals surface area (Å²) in [6.45, 7) is 10.7. The molecule has 202 valence electrons. The number of Topliss-reactive ketones (excluding diaryl/α,β-unsaturated/α-hetero) is 1. The van der Waals surface area contributed by atoms with Gasteiger partial charge in [-0.2, -0.15) is 0 Å². The SMILES string of the molecule is CC(=O)c1cnc(Nc2ccc(N3CCN(C)CC3)cc2)nc1Cc1cccc(CS(=O)(=O)C(C)(C)C)c1. The number of carbonyl (C=O) groups is 1. The molecule has 1 fully saturated rings. The number of benzene rings is 2. The molecule has 2 aromatic carbocycles. The summed E-state index contributed by atoms with van der Waals surface area (Å²) in [6, 6.07) is 15.7. The Morgan fingerprint density at radius 1 is 1.00 bits per heavy atom. The number of carbonyl (C=O) groups excluding carboxylic acids is 1. The Bertz CT molecular complexity index is 1390. The number of anilines is 3. The van der Waals surface area contributed by atoms with Crippen molar-refractivity contribution in [3.05, 3.63) is 77.1 Å². The molecular weight excluding hydrogens is 498 g/mol. The highest BCUT2D eigenvalue weighted by atomic mass is 32.2. The van der Waals surface area contributed by atoms with E-state index in [-0.39, 0.29) is 11.5 Å². The number of sulfone groups is 1. The van der Waals surface area contributed by atoms with Crippen LogP contribution in [0.25, 0.3) is 0 Å². The van der Waals surface area contributed by atoms with Crippen LogP contribution in [0.15, 0.2) is 54.7 Å². The molecule has 1 aromatic heterocycles. The number of hydrogen-bond acceptors (Lipinski definition) is 8. The molecule has 0 atom stereocenters. The first kappa shape index (κ1) is 27.7. The second-order valence-electron chi connectivity index (χ2n) is 10.9. The summed E-state index contributed by atoms with van der Waals surface area (Å²) in [6.07, 6.45) is 1.94. The van der Waals surface area contributed by atoms with E-state index in [1.165, 1.54) is 12.6 Å². The van der Waals surface area contributed by atoms with E-state index in [0.717, 1.165) is 43.0 Å². The van der Waals surface area contributed by atoms with Gasteiger partial charge in [-0.3, -0.25) is 4.79 Å². The lowest BCUT2D eigenvalue weighted by Gasteiger charge is -2.34. The molecule has 8 nitrogen and oxygen atoms in total. The number of nitrogens with zero attached hydrogens (tertiary/aromatic N) is 4. The quantitative estimate of drug-likeness (QED) is 0.422. The molecular formula is C29H37N5O3S. The van der Waals surface area contributed by atoms with Crippen molar-refractivity contribution in [3.8, 4) is 0 Å². The van der Waals surface area contributed by atoms with Gasteiger partial charge in [0.25, 0.3) is 0 Å². The van der Waals surface area contributed by atoms with Crippen molar-refractivity contribution >= 4 is 32.9 Å². The fourth-order valence-corrected chi connectivity index (χ4v) is 5.37. The van der Waals surface area contributed by atoms with E-state index in [9.17, 15) is 13.2 Å². The number of rotatable bonds is 8. The minimum atomic E-state index is -3.31. The second-order valence-corrected chi connectivity index (χ2v) is 13.7. The largest absolute Gasteiger partial charge is 0.369 e. The minimum absolute atomic E-state index is 0.0371. The van der Waals surface area contributed by atoms with Crippen LogP contribution in [0.5, 0.6) is 0 Å². The third-order valence-electron chi connectivity index (χ3n) is 6.89. The summed E-state index contributed by atoms with van der Waals surface area (Å²) in [5.74, 6) is 0.253. The Morgan fingerprint density at radius 3 is 2.29 bits per heavy atom. The van der Waals surface area contributed by atoms with Crippen molar-refractivity contribution in [2.75, 3.05) is 43.4 Å². The van der Waals surface area contributed by atoms with Crippen LogP contribution in [-0.2, 0) is 22.0 Å². The van der Waals surface area contributed by atoms with Crippen molar-refractivity contribution < 1.29 is 13.2 Å². The predicted molar refractivity (Wildman–Crippen MR) is 153 cm³/mol. The maximum absolute atomic E-state index is 12.7. The summed E-state index contributed by atoms with van der Waals surface area (Å²) in [7, 11) is -1.17. The van der Waals surface area contributed by atoms with Gasteiger partial charge >= 0.3 is 0 Å². The fraction of sp³-hybridized carbons (Fsp3) is 0.414. The van der Waals surface area contributed by atoms with Crippen molar-refractivity contribution in [1.29, 1.82) is 0 Å². The summed E-state index contributed by atoms with van der Waals surface area (Å²) >= 11 is 0. The first-order valence-electron chi connectivity index (χ1n) is 12.9. The van der Waals surface area contributed by atoms with E-state index in [1.807, 2.05) is 36.4 Å². The van der Waals surface area contributed by atoms with Crippen LogP contribution in [-0.4, -0.2) is 67.0 Å². The molecule has 0 unspecified atom stereocenters. The highest BCUT2D eigenvalue weighted by Crippen LogP contribution is 2.24. The molecule has 0 spiro atoms. The minimum Gasteiger partial charge on any atom is -0.369 e. The molecule has 38 heavy (non-hydrogen) atoms. The zero-order valence-corrected chi connectivity index (χ0v) is 23.7. The van der Waals surface area contributed by atoms with E-state index in [4.69, 9.17) is 0 Å². The number of ketones is 1. The first-order chi connectivity index (χ1) is 17.9. The Hall–Kier alpha value is -3.30. The van der Waals surface area contributed by atoms with Gasteiger partial charge in [0, 0.05) is 50.2 Å². The standard InChI is InChI=1S/C29H37N5O3S/c1-21(35)26-19-30-28(31-24-9-11-25(12-10-24)34-15-13-33(5)14-16-34)32-27(26)18-22-7-6-8-23(17-22)20-38(36,37)29(2,3)4/h6-12,17,19H,13-16,18,20H2,1-5H3,(H,30,31,32). The number of likely N-dealkylation sites (N-methyl/N-ethyl adjacent to an activating group) is 1. The van der Waals surface area contributed by atoms with Gasteiger partial charge in [0.15, 0.2) is 15.6 Å². The van der Waals surface area contributed by atoms with E-state index < -0.39 is 14.6 Å². The third-order valence-corrected chi connectivity index (χ3v) is 9.47. The zero-order chi connectivity index (χ0) is 27.5. The predicted octanol–water partition coefficient (Wildman–Crippen LogP) is 4.48. The average molecular weight is 536 g/mol. The van der Waals surface area contributed by atoms with Crippen LogP contribution in [0.1, 0.15) is 54.9 Å². The summed E-state index contributed by atoms with van der Waals surface area (Å²) < 4.78 is 24.6. The normalized spacial score (nSPS) is 14.9. The molecule has 2 heterocycles. The van der Waals surface area contributed by atoms with Crippen LogP contribution in [0.3, 0.4) is 0 Å². The van der Waals surface area contributed by atoms with Gasteiger partial charge in [0.1, 0.15) is 0 Å². The Morgan fingerprint density at radius 2 is 1.66 bits per heavy atom. The van der Waals surface area contributed by atoms with Gasteiger partial charge in [-0.05, 0) is 70.1 Å². The van der Waals surface area contributed by atoms with Gasteiger partial charge < -0.3 is 15.1 Å². The molecule has 3 aromatic rings. The number of piperazine rings is 1. The van der Waals surface area contributed by atoms with Gasteiger partial charge in [0.2, 0.25) is 5.95 Å². The van der Waals surface area contributed by atoms with E-state index in [0.29, 0.717) is 23.6 Å². The Kier molecular flexibility index (Phi) is 8.18. The molecule has 1 saturated heterocycles. The van der Waals surface area contributed by atoms with E-state index in [2.05, 4.69) is 44.3 Å². The summed E-state index contributed by atoms with van der Waals surface area (Å²) in [5.41, 5.74) is 4.70. The molecule has 0 aliphatic carbocycles. The lowest BCUT2D eigenvalue weighted by Crippen LogP contribution is -2.44. The van der Waals surface area contributed by atoms with Gasteiger partial charge in [0.05, 0.1) is 21.8 Å². The van der Waals surface area contributed by atoms with Gasteiger partial charge in [-0.1, -0.05) is 24.3 Å². The lowest BCUT2D eigenvalue weighted by atomic mass is 10.0. The van der Waals surface area contributed by atoms with Crippen molar-refractivity contribution in [2.45, 2.75) is 44.6 Å². The van der Waals surface area contributed by atoms with Crippen molar-refractivity contribution in [1.82, 2.24) is 14.9 Å². The lowest BCUT2D eigenvalue weighted by molar-refractivity contribution is 0.101. The van der Waals surface area contributed by atoms with Crippen LogP contribution in [0, 0.1) is 0 Å². The molecule has 1 N–H and O–H groups in total. The second kappa shape index (κ2) is 11.2. The summed E-state index contributed by atoms with van der Waals surface area (Å²) in [5, 5.41) is 3.25. The number of hydrogen-bond donors (Lipinski definition) is 1. The fourth-order valence-electron chi connectivity index (χ4n) is 4.31. The summed E-state index contributed by atoms with van der Waals surface area (Å²) in [4.78, 5) is 26.1. The molecule has 1 aliphatic rings. The smallest absolute Gasteiger partial charge is 0.227 e. The molecule has 0 bridgehead atoms. The molecule has 0 saturated carbocycles. The maximum atomic E-state index is 12.7. The number of aromatic nitrogens is 2. The number of nitrogens with one attached hydrogen (secondary N) is 1. The van der Waals surface area contributed by atoms with Gasteiger partial charge in [-0.15, -0.1) is 0 Å². The third kappa shape index (κ3) is 6.76. The molecule has 1 aliphatic heterocycles. The van der Waals surface area contributed by atoms with Crippen molar-refractivity contribution in [2.24, 2.45) is 0 Å². The van der Waals surface area contributed by atoms with Crippen LogP contribution >= 0.6 is 0 Å². The maximum Gasteiger partial charge on any atom is 0.227 e.